The Morgan fingerprint density at radius 1 is 1.47 bits per heavy atom. The van der Waals surface area contributed by atoms with E-state index in [1.54, 1.807) is 0 Å². The highest BCUT2D eigenvalue weighted by Gasteiger charge is 2.11. The zero-order chi connectivity index (χ0) is 11.9. The van der Waals surface area contributed by atoms with Gasteiger partial charge >= 0.3 is 0 Å². The van der Waals surface area contributed by atoms with Crippen molar-refractivity contribution in [1.82, 2.24) is 4.90 Å². The topological polar surface area (TPSA) is 50.9 Å². The van der Waals surface area contributed by atoms with Gasteiger partial charge in [-0.3, -0.25) is 4.99 Å². The highest BCUT2D eigenvalue weighted by molar-refractivity contribution is 7.99. The summed E-state index contributed by atoms with van der Waals surface area (Å²) < 4.78 is 5.27. The van der Waals surface area contributed by atoms with E-state index >= 15 is 0 Å². The number of ether oxygens (including phenoxy) is 1. The summed E-state index contributed by atoms with van der Waals surface area (Å²) in [5.74, 6) is 3.05. The number of hydrogen-bond acceptors (Lipinski definition) is 3. The number of hydrogen-bond donors (Lipinski definition) is 1. The van der Waals surface area contributed by atoms with E-state index in [1.807, 2.05) is 11.8 Å². The molecule has 0 atom stereocenters. The molecule has 1 fully saturated rings. The van der Waals surface area contributed by atoms with Crippen LogP contribution >= 0.6 is 11.8 Å². The van der Waals surface area contributed by atoms with Crippen LogP contribution in [0.2, 0.25) is 0 Å². The molecule has 2 aliphatic heterocycles. The lowest BCUT2D eigenvalue weighted by molar-refractivity contribution is 0.153. The Kier molecular flexibility index (Phi) is 5.19. The van der Waals surface area contributed by atoms with Crippen molar-refractivity contribution in [3.05, 3.63) is 11.6 Å². The fourth-order valence-electron chi connectivity index (χ4n) is 2.00. The van der Waals surface area contributed by atoms with Gasteiger partial charge in [0, 0.05) is 31.1 Å². The third kappa shape index (κ3) is 4.24. The van der Waals surface area contributed by atoms with Crippen molar-refractivity contribution in [2.24, 2.45) is 10.7 Å². The molecule has 0 aliphatic carbocycles. The standard InChI is InChI=1S/C12H21N3OS/c13-12(15-5-9-17-10-6-15)14-4-1-11-2-7-16-8-3-11/h2H,1,3-10H2,(H2,13,14). The van der Waals surface area contributed by atoms with E-state index in [-0.39, 0.29) is 0 Å². The molecule has 96 valence electrons. The second kappa shape index (κ2) is 6.91. The van der Waals surface area contributed by atoms with Gasteiger partial charge in [0.2, 0.25) is 0 Å². The first-order valence-electron chi connectivity index (χ1n) is 6.24. The molecule has 0 amide bonds. The lowest BCUT2D eigenvalue weighted by atomic mass is 10.1. The number of nitrogens with two attached hydrogens (primary N) is 1. The molecule has 2 rings (SSSR count). The first-order chi connectivity index (χ1) is 8.36. The molecule has 0 radical (unpaired) electrons. The quantitative estimate of drug-likeness (QED) is 0.466. The van der Waals surface area contributed by atoms with Crippen molar-refractivity contribution in [3.63, 3.8) is 0 Å². The Hall–Kier alpha value is -0.680. The van der Waals surface area contributed by atoms with E-state index in [0.717, 1.165) is 51.6 Å². The highest BCUT2D eigenvalue weighted by atomic mass is 32.2. The summed E-state index contributed by atoms with van der Waals surface area (Å²) in [6.07, 6.45) is 4.25. The first kappa shape index (κ1) is 12.8. The minimum absolute atomic E-state index is 0.720. The van der Waals surface area contributed by atoms with Crippen molar-refractivity contribution >= 4 is 17.7 Å². The molecule has 1 saturated heterocycles. The average Bonchev–Trinajstić information content (AvgIpc) is 2.41. The van der Waals surface area contributed by atoms with Crippen molar-refractivity contribution in [3.8, 4) is 0 Å². The lowest BCUT2D eigenvalue weighted by Gasteiger charge is -2.27. The van der Waals surface area contributed by atoms with E-state index in [1.165, 1.54) is 17.1 Å². The fraction of sp³-hybridized carbons (Fsp3) is 0.750. The van der Waals surface area contributed by atoms with Gasteiger partial charge in [0.05, 0.1) is 13.2 Å². The molecule has 0 aromatic carbocycles. The maximum absolute atomic E-state index is 5.99. The molecule has 2 N–H and O–H groups in total. The van der Waals surface area contributed by atoms with Crippen LogP contribution in [0.15, 0.2) is 16.6 Å². The summed E-state index contributed by atoms with van der Waals surface area (Å²) in [7, 11) is 0. The van der Waals surface area contributed by atoms with Crippen LogP contribution in [0.4, 0.5) is 0 Å². The molecule has 2 heterocycles. The minimum atomic E-state index is 0.720. The maximum atomic E-state index is 5.99. The van der Waals surface area contributed by atoms with Crippen LogP contribution in [-0.2, 0) is 4.74 Å². The highest BCUT2D eigenvalue weighted by Crippen LogP contribution is 2.12. The molecule has 4 nitrogen and oxygen atoms in total. The van der Waals surface area contributed by atoms with E-state index in [0.29, 0.717) is 0 Å². The summed E-state index contributed by atoms with van der Waals surface area (Å²) in [4.78, 5) is 6.66. The Morgan fingerprint density at radius 2 is 2.29 bits per heavy atom. The van der Waals surface area contributed by atoms with Crippen LogP contribution in [0.25, 0.3) is 0 Å². The molecule has 0 aromatic rings. The molecule has 0 unspecified atom stereocenters. The number of aliphatic imine (C=N–C) groups is 1. The summed E-state index contributed by atoms with van der Waals surface area (Å²) in [5, 5.41) is 0. The largest absolute Gasteiger partial charge is 0.377 e. The summed E-state index contributed by atoms with van der Waals surface area (Å²) in [6, 6.07) is 0. The van der Waals surface area contributed by atoms with Gasteiger partial charge in [-0.1, -0.05) is 11.6 Å². The zero-order valence-corrected chi connectivity index (χ0v) is 11.0. The van der Waals surface area contributed by atoms with Gasteiger partial charge in [0.25, 0.3) is 0 Å². The monoisotopic (exact) mass is 255 g/mol. The third-order valence-corrected chi connectivity index (χ3v) is 4.04. The van der Waals surface area contributed by atoms with Gasteiger partial charge in [-0.15, -0.1) is 0 Å². The summed E-state index contributed by atoms with van der Waals surface area (Å²) in [5.41, 5.74) is 7.45. The van der Waals surface area contributed by atoms with Gasteiger partial charge in [0.1, 0.15) is 0 Å². The minimum Gasteiger partial charge on any atom is -0.377 e. The van der Waals surface area contributed by atoms with Gasteiger partial charge in [-0.2, -0.15) is 11.8 Å². The smallest absolute Gasteiger partial charge is 0.191 e. The SMILES string of the molecule is NC(=NCCC1=CCOCC1)N1CCSCC1. The van der Waals surface area contributed by atoms with Crippen molar-refractivity contribution in [2.75, 3.05) is 44.4 Å². The molecule has 0 spiro atoms. The summed E-state index contributed by atoms with van der Waals surface area (Å²) >= 11 is 1.99. The Bertz CT molecular complexity index is 298. The number of nitrogens with zero attached hydrogens (tertiary/aromatic N) is 2. The fourth-order valence-corrected chi connectivity index (χ4v) is 2.90. The van der Waals surface area contributed by atoms with Gasteiger partial charge in [-0.25, -0.2) is 0 Å². The molecule has 0 bridgehead atoms. The van der Waals surface area contributed by atoms with Crippen LogP contribution in [0.5, 0.6) is 0 Å². The van der Waals surface area contributed by atoms with E-state index < -0.39 is 0 Å². The van der Waals surface area contributed by atoms with Crippen molar-refractivity contribution in [2.45, 2.75) is 12.8 Å². The second-order valence-corrected chi connectivity index (χ2v) is 5.50. The Morgan fingerprint density at radius 3 is 3.00 bits per heavy atom. The lowest BCUT2D eigenvalue weighted by Crippen LogP contribution is -2.42. The van der Waals surface area contributed by atoms with Crippen LogP contribution in [0, 0.1) is 0 Å². The molecular formula is C12H21N3OS. The van der Waals surface area contributed by atoms with Crippen LogP contribution in [0.3, 0.4) is 0 Å². The predicted molar refractivity (Wildman–Crippen MR) is 73.5 cm³/mol. The van der Waals surface area contributed by atoms with E-state index in [9.17, 15) is 0 Å². The Labute approximate surface area is 107 Å². The molecule has 2 aliphatic rings. The van der Waals surface area contributed by atoms with Crippen LogP contribution < -0.4 is 5.73 Å². The number of rotatable bonds is 3. The molecule has 5 heteroatoms. The zero-order valence-electron chi connectivity index (χ0n) is 10.2. The van der Waals surface area contributed by atoms with Gasteiger partial charge < -0.3 is 15.4 Å². The van der Waals surface area contributed by atoms with Crippen LogP contribution in [0.1, 0.15) is 12.8 Å². The molecular weight excluding hydrogens is 234 g/mol. The van der Waals surface area contributed by atoms with Crippen molar-refractivity contribution in [1.29, 1.82) is 0 Å². The van der Waals surface area contributed by atoms with Crippen LogP contribution in [-0.4, -0.2) is 55.2 Å². The van der Waals surface area contributed by atoms with Gasteiger partial charge in [-0.05, 0) is 12.8 Å². The molecule has 0 aromatic heterocycles. The number of guanidine groups is 1. The first-order valence-corrected chi connectivity index (χ1v) is 7.40. The molecule has 17 heavy (non-hydrogen) atoms. The van der Waals surface area contributed by atoms with Crippen molar-refractivity contribution < 1.29 is 4.74 Å². The van der Waals surface area contributed by atoms with E-state index in [2.05, 4.69) is 16.0 Å². The average molecular weight is 255 g/mol. The second-order valence-electron chi connectivity index (χ2n) is 4.28. The maximum Gasteiger partial charge on any atom is 0.191 e. The summed E-state index contributed by atoms with van der Waals surface area (Å²) in [6.45, 7) is 4.50. The van der Waals surface area contributed by atoms with Gasteiger partial charge in [0.15, 0.2) is 5.96 Å². The number of thioether (sulfide) groups is 1. The predicted octanol–water partition coefficient (Wildman–Crippen LogP) is 1.09. The molecule has 0 saturated carbocycles. The third-order valence-electron chi connectivity index (χ3n) is 3.10. The van der Waals surface area contributed by atoms with E-state index in [4.69, 9.17) is 10.5 Å². The normalized spacial score (nSPS) is 22.5. The Balaban J connectivity index is 1.73.